The molecule has 0 aliphatic heterocycles. The predicted molar refractivity (Wildman–Crippen MR) is 130 cm³/mol. The number of methoxy groups -OCH3 is 1. The second kappa shape index (κ2) is 12.5. The smallest absolute Gasteiger partial charge is 0.196 e. The monoisotopic (exact) mass is 480 g/mol. The first kappa shape index (κ1) is 24.9. The number of carbonyl (C=O) groups is 1. The predicted octanol–water partition coefficient (Wildman–Crippen LogP) is 4.30. The molecule has 3 aromatic carbocycles. The van der Waals surface area contributed by atoms with Crippen molar-refractivity contribution in [1.82, 2.24) is 14.8 Å². The third-order valence-electron chi connectivity index (χ3n) is 4.75. The number of benzene rings is 3. The number of rotatable bonds is 8. The fourth-order valence-electron chi connectivity index (χ4n) is 3.07. The zero-order valence-electron chi connectivity index (χ0n) is 18.6. The minimum atomic E-state index is -0.269. The van der Waals surface area contributed by atoms with Crippen molar-refractivity contribution in [3.05, 3.63) is 95.6 Å². The van der Waals surface area contributed by atoms with Crippen LogP contribution in [0.3, 0.4) is 0 Å². The Morgan fingerprint density at radius 1 is 1.09 bits per heavy atom. The van der Waals surface area contributed by atoms with Crippen LogP contribution in [0.5, 0.6) is 11.5 Å². The van der Waals surface area contributed by atoms with Gasteiger partial charge in [-0.1, -0.05) is 48.2 Å². The maximum Gasteiger partial charge on any atom is 0.196 e. The molecule has 0 radical (unpaired) electrons. The molecular formula is C25H25FN4O3S. The van der Waals surface area contributed by atoms with E-state index >= 15 is 0 Å². The Morgan fingerprint density at radius 2 is 1.88 bits per heavy atom. The van der Waals surface area contributed by atoms with Crippen LogP contribution in [-0.2, 0) is 23.5 Å². The van der Waals surface area contributed by atoms with Gasteiger partial charge in [0.15, 0.2) is 5.16 Å². The van der Waals surface area contributed by atoms with Crippen molar-refractivity contribution in [3.63, 3.8) is 0 Å². The highest BCUT2D eigenvalue weighted by Gasteiger charge is 2.15. The molecule has 0 fully saturated rings. The van der Waals surface area contributed by atoms with Crippen LogP contribution in [0.25, 0.3) is 5.69 Å². The number of ether oxygens (including phenoxy) is 1. The number of hydrogen-bond donors (Lipinski definition) is 2. The summed E-state index contributed by atoms with van der Waals surface area (Å²) < 4.78 is 20.4. The molecule has 0 spiro atoms. The summed E-state index contributed by atoms with van der Waals surface area (Å²) in [5.74, 6) is 1.80. The summed E-state index contributed by atoms with van der Waals surface area (Å²) in [6.45, 7) is 0.396. The van der Waals surface area contributed by atoms with Gasteiger partial charge in [0.2, 0.25) is 0 Å². The molecule has 9 heteroatoms. The summed E-state index contributed by atoms with van der Waals surface area (Å²) in [6.07, 6.45) is 0.951. The molecule has 4 rings (SSSR count). The van der Waals surface area contributed by atoms with Gasteiger partial charge in [0.05, 0.1) is 19.2 Å². The van der Waals surface area contributed by atoms with Crippen molar-refractivity contribution < 1.29 is 19.0 Å². The van der Waals surface area contributed by atoms with Crippen molar-refractivity contribution in [2.45, 2.75) is 23.9 Å². The van der Waals surface area contributed by atoms with Gasteiger partial charge in [-0.2, -0.15) is 0 Å². The third-order valence-corrected chi connectivity index (χ3v) is 5.75. The Labute approximate surface area is 201 Å². The number of nitrogens with zero attached hydrogens (tertiary/aromatic N) is 3. The lowest BCUT2D eigenvalue weighted by Gasteiger charge is -2.10. The molecule has 4 aromatic rings. The molecule has 0 aliphatic carbocycles. The molecule has 0 bridgehead atoms. The van der Waals surface area contributed by atoms with Crippen molar-refractivity contribution in [1.29, 1.82) is 0 Å². The summed E-state index contributed by atoms with van der Waals surface area (Å²) in [5, 5.41) is 18.0. The molecule has 3 N–H and O–H groups in total. The van der Waals surface area contributed by atoms with Gasteiger partial charge in [-0.15, -0.1) is 10.2 Å². The summed E-state index contributed by atoms with van der Waals surface area (Å²) >= 11 is 1.43. The summed E-state index contributed by atoms with van der Waals surface area (Å²) in [4.78, 5) is 11.0. The van der Waals surface area contributed by atoms with E-state index in [9.17, 15) is 9.18 Å². The highest BCUT2D eigenvalue weighted by atomic mass is 32.2. The van der Waals surface area contributed by atoms with Crippen molar-refractivity contribution >= 4 is 18.0 Å². The molecule has 34 heavy (non-hydrogen) atoms. The number of thioether (sulfide) groups is 1. The van der Waals surface area contributed by atoms with E-state index in [0.717, 1.165) is 23.1 Å². The third kappa shape index (κ3) is 6.66. The highest BCUT2D eigenvalue weighted by molar-refractivity contribution is 7.98. The molecule has 176 valence electrons. The summed E-state index contributed by atoms with van der Waals surface area (Å²) in [6, 6.07) is 20.9. The van der Waals surface area contributed by atoms with Gasteiger partial charge >= 0.3 is 0 Å². The number of aromatic nitrogens is 3. The Kier molecular flexibility index (Phi) is 9.19. The van der Waals surface area contributed by atoms with Gasteiger partial charge in [-0.05, 0) is 35.9 Å². The van der Waals surface area contributed by atoms with Crippen molar-refractivity contribution in [2.75, 3.05) is 7.11 Å². The Bertz CT molecular complexity index is 1230. The van der Waals surface area contributed by atoms with E-state index in [1.807, 2.05) is 41.0 Å². The number of para-hydroxylation sites is 1. The fraction of sp³-hybridized carbons (Fsp3) is 0.160. The van der Waals surface area contributed by atoms with Gasteiger partial charge < -0.3 is 20.4 Å². The van der Waals surface area contributed by atoms with Gasteiger partial charge in [0.25, 0.3) is 0 Å². The molecule has 0 unspecified atom stereocenters. The lowest BCUT2D eigenvalue weighted by molar-refractivity contribution is -0.107. The second-order valence-corrected chi connectivity index (χ2v) is 8.00. The first-order chi connectivity index (χ1) is 16.5. The average Bonchev–Trinajstić information content (AvgIpc) is 3.26. The molecule has 1 aromatic heterocycles. The standard InChI is InChI=1S/C18H16FN3O2S.C7H9NO/c1-24-16-7-3-6-15(11-16)22-17(8-9-23)20-21-18(22)25-12-13-4-2-5-14(19)10-13;8-5-6-3-1-2-4-7(6)9/h2-7,9-11H,8,12H2,1H3;1-4,9H,5,8H2. The Morgan fingerprint density at radius 3 is 2.56 bits per heavy atom. The van der Waals surface area contributed by atoms with E-state index in [1.165, 1.54) is 23.9 Å². The van der Waals surface area contributed by atoms with E-state index < -0.39 is 0 Å². The van der Waals surface area contributed by atoms with Gasteiger partial charge in [-0.25, -0.2) is 4.39 Å². The lowest BCUT2D eigenvalue weighted by Crippen LogP contribution is -2.04. The van der Waals surface area contributed by atoms with Crippen LogP contribution >= 0.6 is 11.8 Å². The number of phenolic OH excluding ortho intramolecular Hbond substituents is 1. The van der Waals surface area contributed by atoms with Crippen LogP contribution in [0.2, 0.25) is 0 Å². The number of hydrogen-bond acceptors (Lipinski definition) is 7. The van der Waals surface area contributed by atoms with Crippen molar-refractivity contribution in [3.8, 4) is 17.2 Å². The first-order valence-corrected chi connectivity index (χ1v) is 11.4. The van der Waals surface area contributed by atoms with Crippen LogP contribution in [0.15, 0.2) is 78.0 Å². The van der Waals surface area contributed by atoms with Crippen LogP contribution < -0.4 is 10.5 Å². The zero-order chi connectivity index (χ0) is 24.3. The SMILES string of the molecule is COc1cccc(-n2c(CC=O)nnc2SCc2cccc(F)c2)c1.NCc1ccccc1O. The number of nitrogens with two attached hydrogens (primary N) is 1. The average molecular weight is 481 g/mol. The minimum absolute atomic E-state index is 0.157. The van der Waals surface area contributed by atoms with E-state index in [4.69, 9.17) is 15.6 Å². The quantitative estimate of drug-likeness (QED) is 0.286. The van der Waals surface area contributed by atoms with Gasteiger partial charge in [0.1, 0.15) is 29.4 Å². The van der Waals surface area contributed by atoms with Gasteiger partial charge in [-0.3, -0.25) is 4.57 Å². The molecule has 0 atom stereocenters. The van der Waals surface area contributed by atoms with Crippen LogP contribution in [-0.4, -0.2) is 33.3 Å². The lowest BCUT2D eigenvalue weighted by atomic mass is 10.2. The van der Waals surface area contributed by atoms with Crippen LogP contribution in [0.1, 0.15) is 17.0 Å². The molecule has 0 saturated heterocycles. The van der Waals surface area contributed by atoms with E-state index in [1.54, 1.807) is 31.4 Å². The topological polar surface area (TPSA) is 103 Å². The Hall–Kier alpha value is -3.69. The van der Waals surface area contributed by atoms with Crippen LogP contribution in [0, 0.1) is 5.82 Å². The summed E-state index contributed by atoms with van der Waals surface area (Å²) in [7, 11) is 1.59. The number of carbonyl (C=O) groups excluding carboxylic acids is 1. The molecule has 0 aliphatic rings. The van der Waals surface area contributed by atoms with E-state index in [-0.39, 0.29) is 18.0 Å². The van der Waals surface area contributed by atoms with Crippen molar-refractivity contribution in [2.24, 2.45) is 5.73 Å². The number of phenols is 1. The second-order valence-electron chi connectivity index (χ2n) is 7.06. The van der Waals surface area contributed by atoms with Gasteiger partial charge in [0, 0.05) is 23.9 Å². The molecule has 0 saturated carbocycles. The zero-order valence-corrected chi connectivity index (χ0v) is 19.4. The molecule has 7 nitrogen and oxygen atoms in total. The van der Waals surface area contributed by atoms with Crippen LogP contribution in [0.4, 0.5) is 4.39 Å². The normalized spacial score (nSPS) is 10.3. The first-order valence-electron chi connectivity index (χ1n) is 10.4. The number of aldehydes is 1. The number of halogens is 1. The van der Waals surface area contributed by atoms with E-state index in [0.29, 0.717) is 29.0 Å². The molecular weight excluding hydrogens is 455 g/mol. The maximum absolute atomic E-state index is 13.3. The highest BCUT2D eigenvalue weighted by Crippen LogP contribution is 2.27. The fourth-order valence-corrected chi connectivity index (χ4v) is 3.98. The summed E-state index contributed by atoms with van der Waals surface area (Å²) in [5.41, 5.74) is 7.74. The molecule has 1 heterocycles. The minimum Gasteiger partial charge on any atom is -0.508 e. The van der Waals surface area contributed by atoms with E-state index in [2.05, 4.69) is 10.2 Å². The maximum atomic E-state index is 13.3. The molecule has 0 amide bonds. The largest absolute Gasteiger partial charge is 0.508 e. The Balaban J connectivity index is 0.000000302. The number of aromatic hydroxyl groups is 1.